The van der Waals surface area contributed by atoms with Crippen molar-refractivity contribution in [2.45, 2.75) is 45.6 Å². The van der Waals surface area contributed by atoms with Crippen LogP contribution < -0.4 is 0 Å². The first-order valence-corrected chi connectivity index (χ1v) is 7.06. The van der Waals surface area contributed by atoms with Gasteiger partial charge in [-0.05, 0) is 56.5 Å². The second-order valence-electron chi connectivity index (χ2n) is 4.98. The Bertz CT molecular complexity index is 424. The molecular formula is C14H22N2S. The van der Waals surface area contributed by atoms with Crippen LogP contribution in [0.1, 0.15) is 49.8 Å². The summed E-state index contributed by atoms with van der Waals surface area (Å²) in [6, 6.07) is 2.69. The molecule has 0 saturated carbocycles. The number of aryl methyl sites for hydroxylation is 1. The predicted octanol–water partition coefficient (Wildman–Crippen LogP) is 3.99. The van der Waals surface area contributed by atoms with Crippen molar-refractivity contribution in [3.8, 4) is 0 Å². The summed E-state index contributed by atoms with van der Waals surface area (Å²) in [5.41, 5.74) is 2.77. The van der Waals surface area contributed by atoms with Crippen LogP contribution in [0.15, 0.2) is 12.3 Å². The summed E-state index contributed by atoms with van der Waals surface area (Å²) >= 11 is 5.16. The summed E-state index contributed by atoms with van der Waals surface area (Å²) in [7, 11) is 0. The molecule has 1 aromatic heterocycles. The minimum atomic E-state index is 0.605. The van der Waals surface area contributed by atoms with Crippen molar-refractivity contribution in [1.82, 2.24) is 9.88 Å². The standard InChI is InChI=1S/C14H22N2S/c1-3-4-7-16-8-5-6-13(16)12-10-15-14(17)9-11(12)2/h9-10,13H,3-8H2,1-2H3,(H,15,17)/t13-/m0/s1. The highest BCUT2D eigenvalue weighted by Gasteiger charge is 2.26. The van der Waals surface area contributed by atoms with Crippen LogP contribution in [0.25, 0.3) is 0 Å². The monoisotopic (exact) mass is 250 g/mol. The van der Waals surface area contributed by atoms with Gasteiger partial charge < -0.3 is 4.98 Å². The van der Waals surface area contributed by atoms with Gasteiger partial charge in [-0.3, -0.25) is 4.90 Å². The number of nitrogens with one attached hydrogen (secondary N) is 1. The third-order valence-electron chi connectivity index (χ3n) is 3.69. The molecule has 1 aliphatic rings. The van der Waals surface area contributed by atoms with Crippen LogP contribution in [0.5, 0.6) is 0 Å². The van der Waals surface area contributed by atoms with Crippen molar-refractivity contribution in [2.24, 2.45) is 0 Å². The highest BCUT2D eigenvalue weighted by Crippen LogP contribution is 2.33. The number of nitrogens with zero attached hydrogens (tertiary/aromatic N) is 1. The first-order chi connectivity index (χ1) is 8.22. The van der Waals surface area contributed by atoms with E-state index in [1.54, 1.807) is 0 Å². The Morgan fingerprint density at radius 2 is 2.35 bits per heavy atom. The lowest BCUT2D eigenvalue weighted by Crippen LogP contribution is -2.25. The van der Waals surface area contributed by atoms with Crippen molar-refractivity contribution in [3.05, 3.63) is 28.0 Å². The molecule has 1 fully saturated rings. The Hall–Kier alpha value is -0.670. The predicted molar refractivity (Wildman–Crippen MR) is 74.8 cm³/mol. The molecule has 0 bridgehead atoms. The molecular weight excluding hydrogens is 228 g/mol. The fraction of sp³-hybridized carbons (Fsp3) is 0.643. The number of hydrogen-bond acceptors (Lipinski definition) is 2. The fourth-order valence-electron chi connectivity index (χ4n) is 2.75. The minimum Gasteiger partial charge on any atom is -0.353 e. The number of unbranched alkanes of at least 4 members (excludes halogenated alkanes) is 1. The molecule has 17 heavy (non-hydrogen) atoms. The molecule has 1 aliphatic heterocycles. The van der Waals surface area contributed by atoms with E-state index in [0.29, 0.717) is 6.04 Å². The fourth-order valence-corrected chi connectivity index (χ4v) is 2.99. The van der Waals surface area contributed by atoms with E-state index in [4.69, 9.17) is 12.2 Å². The van der Waals surface area contributed by atoms with Gasteiger partial charge in [-0.25, -0.2) is 0 Å². The van der Waals surface area contributed by atoms with Crippen LogP contribution in [-0.4, -0.2) is 23.0 Å². The molecule has 0 radical (unpaired) electrons. The van der Waals surface area contributed by atoms with Crippen molar-refractivity contribution in [1.29, 1.82) is 0 Å². The Kier molecular flexibility index (Phi) is 4.35. The molecule has 3 heteroatoms. The molecule has 0 unspecified atom stereocenters. The quantitative estimate of drug-likeness (QED) is 0.815. The Balaban J connectivity index is 2.17. The number of pyridine rings is 1. The molecule has 2 nitrogen and oxygen atoms in total. The van der Waals surface area contributed by atoms with Crippen molar-refractivity contribution in [2.75, 3.05) is 13.1 Å². The van der Waals surface area contributed by atoms with Gasteiger partial charge in [-0.2, -0.15) is 0 Å². The first-order valence-electron chi connectivity index (χ1n) is 6.65. The van der Waals surface area contributed by atoms with Crippen LogP contribution in [0.4, 0.5) is 0 Å². The molecule has 0 aromatic carbocycles. The summed E-state index contributed by atoms with van der Waals surface area (Å²) in [6.07, 6.45) is 7.31. The van der Waals surface area contributed by atoms with E-state index in [1.165, 1.54) is 49.9 Å². The SMILES string of the molecule is CCCCN1CCC[C@H]1c1c[nH]c(=S)cc1C. The minimum absolute atomic E-state index is 0.605. The van der Waals surface area contributed by atoms with Gasteiger partial charge in [0.15, 0.2) is 0 Å². The van der Waals surface area contributed by atoms with E-state index in [0.717, 1.165) is 4.64 Å². The summed E-state index contributed by atoms with van der Waals surface area (Å²) < 4.78 is 0.837. The maximum absolute atomic E-state index is 5.16. The summed E-state index contributed by atoms with van der Waals surface area (Å²) in [4.78, 5) is 5.81. The lowest BCUT2D eigenvalue weighted by Gasteiger charge is -2.25. The summed E-state index contributed by atoms with van der Waals surface area (Å²) in [5.74, 6) is 0. The van der Waals surface area contributed by atoms with E-state index >= 15 is 0 Å². The molecule has 94 valence electrons. The van der Waals surface area contributed by atoms with Gasteiger partial charge in [0.1, 0.15) is 4.64 Å². The maximum Gasteiger partial charge on any atom is 0.103 e. The smallest absolute Gasteiger partial charge is 0.103 e. The molecule has 0 spiro atoms. The third-order valence-corrected chi connectivity index (χ3v) is 3.93. The normalized spacial score (nSPS) is 20.9. The van der Waals surface area contributed by atoms with E-state index in [9.17, 15) is 0 Å². The molecule has 2 heterocycles. The zero-order chi connectivity index (χ0) is 12.3. The lowest BCUT2D eigenvalue weighted by molar-refractivity contribution is 0.252. The van der Waals surface area contributed by atoms with Crippen LogP contribution in [0.2, 0.25) is 0 Å². The lowest BCUT2D eigenvalue weighted by atomic mass is 10.0. The van der Waals surface area contributed by atoms with Gasteiger partial charge in [0.2, 0.25) is 0 Å². The molecule has 0 amide bonds. The van der Waals surface area contributed by atoms with Crippen LogP contribution in [0.3, 0.4) is 0 Å². The van der Waals surface area contributed by atoms with Crippen molar-refractivity contribution < 1.29 is 0 Å². The maximum atomic E-state index is 5.16. The van der Waals surface area contributed by atoms with Gasteiger partial charge in [-0.1, -0.05) is 25.6 Å². The highest BCUT2D eigenvalue weighted by atomic mass is 32.1. The van der Waals surface area contributed by atoms with Gasteiger partial charge in [0.05, 0.1) is 0 Å². The molecule has 1 N–H and O–H groups in total. The Morgan fingerprint density at radius 1 is 1.53 bits per heavy atom. The van der Waals surface area contributed by atoms with Gasteiger partial charge >= 0.3 is 0 Å². The van der Waals surface area contributed by atoms with Gasteiger partial charge in [0, 0.05) is 12.2 Å². The van der Waals surface area contributed by atoms with Crippen LogP contribution in [0, 0.1) is 11.6 Å². The number of hydrogen-bond donors (Lipinski definition) is 1. The average Bonchev–Trinajstić information content (AvgIpc) is 2.74. The molecule has 1 aromatic rings. The van der Waals surface area contributed by atoms with Gasteiger partial charge in [-0.15, -0.1) is 0 Å². The number of aromatic amines is 1. The van der Waals surface area contributed by atoms with E-state index in [2.05, 4.69) is 36.0 Å². The average molecular weight is 250 g/mol. The number of aromatic nitrogens is 1. The first kappa shape index (κ1) is 12.8. The topological polar surface area (TPSA) is 19.0 Å². The second-order valence-corrected chi connectivity index (χ2v) is 5.42. The molecule has 2 rings (SSSR count). The van der Waals surface area contributed by atoms with E-state index in [1.807, 2.05) is 0 Å². The Morgan fingerprint density at radius 3 is 3.06 bits per heavy atom. The molecule has 1 atom stereocenters. The highest BCUT2D eigenvalue weighted by molar-refractivity contribution is 7.71. The summed E-state index contributed by atoms with van der Waals surface area (Å²) in [5, 5.41) is 0. The zero-order valence-corrected chi connectivity index (χ0v) is 11.6. The Labute approximate surface area is 109 Å². The molecule has 0 aliphatic carbocycles. The molecule has 1 saturated heterocycles. The van der Waals surface area contributed by atoms with Gasteiger partial charge in [0.25, 0.3) is 0 Å². The van der Waals surface area contributed by atoms with Crippen LogP contribution >= 0.6 is 12.2 Å². The van der Waals surface area contributed by atoms with Crippen LogP contribution in [-0.2, 0) is 0 Å². The van der Waals surface area contributed by atoms with E-state index in [-0.39, 0.29) is 0 Å². The number of H-pyrrole nitrogens is 1. The number of rotatable bonds is 4. The van der Waals surface area contributed by atoms with Crippen molar-refractivity contribution >= 4 is 12.2 Å². The number of likely N-dealkylation sites (tertiary alicyclic amines) is 1. The van der Waals surface area contributed by atoms with E-state index < -0.39 is 0 Å². The van der Waals surface area contributed by atoms with Crippen molar-refractivity contribution in [3.63, 3.8) is 0 Å². The third kappa shape index (κ3) is 2.96. The largest absolute Gasteiger partial charge is 0.353 e. The zero-order valence-electron chi connectivity index (χ0n) is 10.8. The second kappa shape index (κ2) is 5.78. The summed E-state index contributed by atoms with van der Waals surface area (Å²) in [6.45, 7) is 6.92.